The molecule has 1 atom stereocenters. The van der Waals surface area contributed by atoms with Crippen LogP contribution < -0.4 is 10.6 Å². The van der Waals surface area contributed by atoms with Crippen LogP contribution in [0.5, 0.6) is 0 Å². The van der Waals surface area contributed by atoms with Gasteiger partial charge >= 0.3 is 0 Å². The number of rotatable bonds is 4. The van der Waals surface area contributed by atoms with Crippen molar-refractivity contribution in [2.24, 2.45) is 0 Å². The van der Waals surface area contributed by atoms with E-state index >= 15 is 0 Å². The van der Waals surface area contributed by atoms with E-state index in [1.807, 2.05) is 13.8 Å². The highest BCUT2D eigenvalue weighted by atomic mass is 32.2. The first-order valence-corrected chi connectivity index (χ1v) is 7.70. The molecule has 100 valence electrons. The molecule has 0 aromatic carbocycles. The highest BCUT2D eigenvalue weighted by Gasteiger charge is 2.28. The predicted molar refractivity (Wildman–Crippen MR) is 69.3 cm³/mol. The van der Waals surface area contributed by atoms with Crippen LogP contribution in [-0.2, 0) is 9.84 Å². The van der Waals surface area contributed by atoms with E-state index < -0.39 is 9.84 Å². The summed E-state index contributed by atoms with van der Waals surface area (Å²) in [4.78, 5) is 4.23. The van der Waals surface area contributed by atoms with Gasteiger partial charge in [0.1, 0.15) is 0 Å². The van der Waals surface area contributed by atoms with Gasteiger partial charge in [0.05, 0.1) is 17.7 Å². The van der Waals surface area contributed by atoms with Crippen LogP contribution in [0.4, 0.5) is 11.8 Å². The first-order valence-electron chi connectivity index (χ1n) is 5.88. The number of aromatic nitrogens is 3. The number of nitrogens with zero attached hydrogens (tertiary/aromatic N) is 3. The molecule has 2 N–H and O–H groups in total. The first-order chi connectivity index (χ1) is 8.44. The molecular formula is C10H17N5O2S. The fourth-order valence-corrected chi connectivity index (χ4v) is 3.48. The number of hydrogen-bond donors (Lipinski definition) is 2. The lowest BCUT2D eigenvalue weighted by molar-refractivity contribution is 0.602. The fraction of sp³-hybridized carbons (Fsp3) is 0.700. The van der Waals surface area contributed by atoms with Gasteiger partial charge in [0.15, 0.2) is 15.7 Å². The SMILES string of the molecule is CC(C)Nc1nncc(NC2CCS(=O)(=O)C2)n1. The van der Waals surface area contributed by atoms with E-state index in [0.29, 0.717) is 18.2 Å². The maximum Gasteiger partial charge on any atom is 0.244 e. The van der Waals surface area contributed by atoms with Crippen LogP contribution in [0.2, 0.25) is 0 Å². The second-order valence-electron chi connectivity index (χ2n) is 4.71. The van der Waals surface area contributed by atoms with Crippen molar-refractivity contribution in [1.82, 2.24) is 15.2 Å². The topological polar surface area (TPSA) is 96.9 Å². The van der Waals surface area contributed by atoms with E-state index in [1.54, 1.807) is 0 Å². The lowest BCUT2D eigenvalue weighted by atomic mass is 10.3. The Bertz CT molecular complexity index is 517. The molecule has 0 radical (unpaired) electrons. The van der Waals surface area contributed by atoms with Gasteiger partial charge in [-0.3, -0.25) is 0 Å². The van der Waals surface area contributed by atoms with Gasteiger partial charge in [-0.25, -0.2) is 8.42 Å². The Hall–Kier alpha value is -1.44. The van der Waals surface area contributed by atoms with Gasteiger partial charge in [-0.05, 0) is 20.3 Å². The highest BCUT2D eigenvalue weighted by molar-refractivity contribution is 7.91. The fourth-order valence-electron chi connectivity index (χ4n) is 1.81. The molecule has 1 aromatic rings. The number of nitrogens with one attached hydrogen (secondary N) is 2. The Morgan fingerprint density at radius 3 is 2.83 bits per heavy atom. The minimum absolute atomic E-state index is 0.0846. The number of sulfone groups is 1. The summed E-state index contributed by atoms with van der Waals surface area (Å²) in [6.07, 6.45) is 2.11. The molecule has 1 aliphatic rings. The monoisotopic (exact) mass is 271 g/mol. The maximum absolute atomic E-state index is 11.3. The standard InChI is InChI=1S/C10H17N5O2S/c1-7(2)12-10-14-9(5-11-15-10)13-8-3-4-18(16,17)6-8/h5,7-8H,3-4,6H2,1-2H3,(H2,12,13,14,15). The normalized spacial score (nSPS) is 22.1. The molecule has 7 nitrogen and oxygen atoms in total. The Morgan fingerprint density at radius 2 is 2.22 bits per heavy atom. The molecule has 0 amide bonds. The Kier molecular flexibility index (Phi) is 3.65. The van der Waals surface area contributed by atoms with E-state index in [9.17, 15) is 8.42 Å². The molecule has 0 spiro atoms. The van der Waals surface area contributed by atoms with Gasteiger partial charge in [0.25, 0.3) is 0 Å². The molecule has 1 aliphatic heterocycles. The van der Waals surface area contributed by atoms with Crippen molar-refractivity contribution in [3.05, 3.63) is 6.20 Å². The molecule has 1 saturated heterocycles. The van der Waals surface area contributed by atoms with Gasteiger partial charge in [-0.2, -0.15) is 10.1 Å². The zero-order chi connectivity index (χ0) is 13.2. The summed E-state index contributed by atoms with van der Waals surface area (Å²) in [6, 6.07) is 0.132. The minimum Gasteiger partial charge on any atom is -0.365 e. The average molecular weight is 271 g/mol. The van der Waals surface area contributed by atoms with Crippen molar-refractivity contribution < 1.29 is 8.42 Å². The summed E-state index contributed by atoms with van der Waals surface area (Å²) < 4.78 is 22.7. The third-order valence-electron chi connectivity index (χ3n) is 2.56. The summed E-state index contributed by atoms with van der Waals surface area (Å²) in [5.74, 6) is 1.38. The van der Waals surface area contributed by atoms with Crippen molar-refractivity contribution in [2.45, 2.75) is 32.4 Å². The molecule has 1 fully saturated rings. The van der Waals surface area contributed by atoms with E-state index in [2.05, 4.69) is 25.8 Å². The predicted octanol–water partition coefficient (Wildman–Crippen LogP) is 0.291. The molecule has 2 rings (SSSR count). The Morgan fingerprint density at radius 1 is 1.44 bits per heavy atom. The molecule has 2 heterocycles. The van der Waals surface area contributed by atoms with Gasteiger partial charge in [-0.1, -0.05) is 0 Å². The first kappa shape index (κ1) is 13.0. The van der Waals surface area contributed by atoms with Crippen LogP contribution in [0.15, 0.2) is 6.20 Å². The smallest absolute Gasteiger partial charge is 0.244 e. The van der Waals surface area contributed by atoms with Crippen molar-refractivity contribution in [1.29, 1.82) is 0 Å². The minimum atomic E-state index is -2.89. The van der Waals surface area contributed by atoms with Gasteiger partial charge in [0, 0.05) is 12.1 Å². The summed E-state index contributed by atoms with van der Waals surface area (Å²) in [6.45, 7) is 3.96. The lowest BCUT2D eigenvalue weighted by Crippen LogP contribution is -2.22. The summed E-state index contributed by atoms with van der Waals surface area (Å²) in [5.41, 5.74) is 0. The van der Waals surface area contributed by atoms with E-state index in [4.69, 9.17) is 0 Å². The molecule has 8 heteroatoms. The van der Waals surface area contributed by atoms with Crippen molar-refractivity contribution in [3.8, 4) is 0 Å². The van der Waals surface area contributed by atoms with E-state index in [-0.39, 0.29) is 23.6 Å². The van der Waals surface area contributed by atoms with Crippen LogP contribution >= 0.6 is 0 Å². The van der Waals surface area contributed by atoms with Crippen LogP contribution in [0, 0.1) is 0 Å². The molecular weight excluding hydrogens is 254 g/mol. The van der Waals surface area contributed by atoms with Gasteiger partial charge in [-0.15, -0.1) is 5.10 Å². The highest BCUT2D eigenvalue weighted by Crippen LogP contribution is 2.16. The van der Waals surface area contributed by atoms with Crippen LogP contribution in [0.1, 0.15) is 20.3 Å². The van der Waals surface area contributed by atoms with Crippen LogP contribution in [0.25, 0.3) is 0 Å². The number of anilines is 2. The number of hydrogen-bond acceptors (Lipinski definition) is 7. The zero-order valence-electron chi connectivity index (χ0n) is 10.4. The van der Waals surface area contributed by atoms with Crippen molar-refractivity contribution in [2.75, 3.05) is 22.1 Å². The molecule has 1 aromatic heterocycles. The average Bonchev–Trinajstić information content (AvgIpc) is 2.57. The summed E-state index contributed by atoms with van der Waals surface area (Å²) in [7, 11) is -2.89. The Labute approximate surface area is 106 Å². The van der Waals surface area contributed by atoms with Gasteiger partial charge < -0.3 is 10.6 Å². The molecule has 0 aliphatic carbocycles. The zero-order valence-corrected chi connectivity index (χ0v) is 11.2. The molecule has 0 bridgehead atoms. The molecule has 0 saturated carbocycles. The Balaban J connectivity index is 2.01. The largest absolute Gasteiger partial charge is 0.365 e. The second-order valence-corrected chi connectivity index (χ2v) is 6.94. The van der Waals surface area contributed by atoms with Crippen molar-refractivity contribution >= 4 is 21.6 Å². The van der Waals surface area contributed by atoms with E-state index in [0.717, 1.165) is 0 Å². The lowest BCUT2D eigenvalue weighted by Gasteiger charge is -2.12. The third-order valence-corrected chi connectivity index (χ3v) is 4.33. The summed E-state index contributed by atoms with van der Waals surface area (Å²) in [5, 5.41) is 13.8. The second kappa shape index (κ2) is 5.05. The van der Waals surface area contributed by atoms with Crippen LogP contribution in [0.3, 0.4) is 0 Å². The molecule has 18 heavy (non-hydrogen) atoms. The maximum atomic E-state index is 11.3. The van der Waals surface area contributed by atoms with Crippen LogP contribution in [-0.4, -0.2) is 47.2 Å². The van der Waals surface area contributed by atoms with E-state index in [1.165, 1.54) is 6.20 Å². The third kappa shape index (κ3) is 3.52. The van der Waals surface area contributed by atoms with Gasteiger partial charge in [0.2, 0.25) is 5.95 Å². The summed E-state index contributed by atoms with van der Waals surface area (Å²) >= 11 is 0. The van der Waals surface area contributed by atoms with Crippen molar-refractivity contribution in [3.63, 3.8) is 0 Å². The molecule has 1 unspecified atom stereocenters. The quantitative estimate of drug-likeness (QED) is 0.812.